The van der Waals surface area contributed by atoms with Crippen molar-refractivity contribution in [2.45, 2.75) is 39.0 Å². The molecular formula is C11H21N3O2. The van der Waals surface area contributed by atoms with E-state index in [1.807, 2.05) is 6.92 Å². The molecule has 5 heteroatoms. The van der Waals surface area contributed by atoms with Gasteiger partial charge >= 0.3 is 0 Å². The summed E-state index contributed by atoms with van der Waals surface area (Å²) in [7, 11) is 0. The lowest BCUT2D eigenvalue weighted by molar-refractivity contribution is 0.149. The summed E-state index contributed by atoms with van der Waals surface area (Å²) in [5.74, 6) is 1.46. The lowest BCUT2D eigenvalue weighted by atomic mass is 10.2. The molecule has 16 heavy (non-hydrogen) atoms. The van der Waals surface area contributed by atoms with Crippen LogP contribution in [0.4, 0.5) is 0 Å². The summed E-state index contributed by atoms with van der Waals surface area (Å²) in [5.41, 5.74) is 5.41. The highest BCUT2D eigenvalue weighted by molar-refractivity contribution is 4.86. The summed E-state index contributed by atoms with van der Waals surface area (Å²) in [6.07, 6.45) is 4.81. The third-order valence-corrected chi connectivity index (χ3v) is 2.28. The van der Waals surface area contributed by atoms with E-state index in [4.69, 9.17) is 15.0 Å². The van der Waals surface area contributed by atoms with Gasteiger partial charge in [-0.05, 0) is 26.3 Å². The number of nitrogens with zero attached hydrogens (tertiary/aromatic N) is 2. The van der Waals surface area contributed by atoms with Crippen LogP contribution in [0.2, 0.25) is 0 Å². The van der Waals surface area contributed by atoms with Crippen molar-refractivity contribution >= 4 is 0 Å². The lowest BCUT2D eigenvalue weighted by Crippen LogP contribution is -2.00. The van der Waals surface area contributed by atoms with Crippen LogP contribution in [0, 0.1) is 0 Å². The van der Waals surface area contributed by atoms with Crippen molar-refractivity contribution < 1.29 is 9.26 Å². The van der Waals surface area contributed by atoms with Gasteiger partial charge in [-0.25, -0.2) is 0 Å². The zero-order valence-electron chi connectivity index (χ0n) is 9.95. The summed E-state index contributed by atoms with van der Waals surface area (Å²) in [6.45, 7) is 4.11. The van der Waals surface area contributed by atoms with Crippen LogP contribution in [-0.4, -0.2) is 29.9 Å². The quantitative estimate of drug-likeness (QED) is 0.644. The predicted molar refractivity (Wildman–Crippen MR) is 61.1 cm³/mol. The fourth-order valence-corrected chi connectivity index (χ4v) is 1.40. The van der Waals surface area contributed by atoms with Crippen LogP contribution in [-0.2, 0) is 17.6 Å². The molecule has 0 saturated heterocycles. The number of unbranched alkanes of at least 4 members (excludes halogenated alkanes) is 2. The van der Waals surface area contributed by atoms with Gasteiger partial charge in [0.15, 0.2) is 5.82 Å². The average Bonchev–Trinajstić information content (AvgIpc) is 2.73. The Morgan fingerprint density at radius 2 is 2.12 bits per heavy atom. The highest BCUT2D eigenvalue weighted by atomic mass is 16.5. The smallest absolute Gasteiger partial charge is 0.226 e. The summed E-state index contributed by atoms with van der Waals surface area (Å²) in [5, 5.41) is 3.90. The molecule has 0 aliphatic carbocycles. The van der Waals surface area contributed by atoms with Crippen molar-refractivity contribution in [2.75, 3.05) is 19.8 Å². The zero-order chi connectivity index (χ0) is 11.6. The maximum absolute atomic E-state index is 5.41. The largest absolute Gasteiger partial charge is 0.381 e. The van der Waals surface area contributed by atoms with E-state index in [-0.39, 0.29) is 0 Å². The van der Waals surface area contributed by atoms with E-state index in [9.17, 15) is 0 Å². The van der Waals surface area contributed by atoms with E-state index in [0.717, 1.165) is 57.0 Å². The van der Waals surface area contributed by atoms with Gasteiger partial charge in [0, 0.05) is 19.4 Å². The predicted octanol–water partition coefficient (Wildman–Crippen LogP) is 1.32. The Balaban J connectivity index is 2.17. The average molecular weight is 227 g/mol. The van der Waals surface area contributed by atoms with Crippen molar-refractivity contribution in [1.29, 1.82) is 0 Å². The van der Waals surface area contributed by atoms with Crippen LogP contribution in [0.25, 0.3) is 0 Å². The summed E-state index contributed by atoms with van der Waals surface area (Å²) < 4.78 is 10.4. The number of ether oxygens (including phenoxy) is 1. The number of aryl methyl sites for hydroxylation is 1. The fraction of sp³-hybridized carbons (Fsp3) is 0.818. The van der Waals surface area contributed by atoms with Gasteiger partial charge in [0.1, 0.15) is 0 Å². The second-order valence-electron chi connectivity index (χ2n) is 3.65. The molecule has 92 valence electrons. The van der Waals surface area contributed by atoms with E-state index in [1.165, 1.54) is 0 Å². The molecule has 0 aliphatic heterocycles. The molecule has 0 amide bonds. The SMILES string of the molecule is CCOCCc1noc(CCCCCN)n1. The summed E-state index contributed by atoms with van der Waals surface area (Å²) in [4.78, 5) is 4.29. The molecule has 1 heterocycles. The van der Waals surface area contributed by atoms with Gasteiger partial charge in [-0.15, -0.1) is 0 Å². The van der Waals surface area contributed by atoms with Crippen LogP contribution >= 0.6 is 0 Å². The first kappa shape index (κ1) is 13.1. The molecule has 5 nitrogen and oxygen atoms in total. The van der Waals surface area contributed by atoms with Crippen LogP contribution < -0.4 is 5.73 Å². The van der Waals surface area contributed by atoms with Gasteiger partial charge in [-0.2, -0.15) is 4.98 Å². The molecule has 0 radical (unpaired) electrons. The van der Waals surface area contributed by atoms with Gasteiger partial charge < -0.3 is 15.0 Å². The Morgan fingerprint density at radius 1 is 1.25 bits per heavy atom. The van der Waals surface area contributed by atoms with Crippen molar-refractivity contribution in [3.63, 3.8) is 0 Å². The molecule has 1 aromatic heterocycles. The van der Waals surface area contributed by atoms with Crippen molar-refractivity contribution in [3.05, 3.63) is 11.7 Å². The first-order valence-corrected chi connectivity index (χ1v) is 5.96. The Bertz CT molecular complexity index is 276. The Kier molecular flexibility index (Phi) is 6.76. The highest BCUT2D eigenvalue weighted by Crippen LogP contribution is 2.04. The second-order valence-corrected chi connectivity index (χ2v) is 3.65. The minimum Gasteiger partial charge on any atom is -0.381 e. The molecular weight excluding hydrogens is 206 g/mol. The summed E-state index contributed by atoms with van der Waals surface area (Å²) >= 11 is 0. The van der Waals surface area contributed by atoms with Gasteiger partial charge in [-0.3, -0.25) is 0 Å². The molecule has 0 saturated carbocycles. The minimum atomic E-state index is 0.655. The molecule has 2 N–H and O–H groups in total. The van der Waals surface area contributed by atoms with Gasteiger partial charge in [0.25, 0.3) is 0 Å². The maximum Gasteiger partial charge on any atom is 0.226 e. The third-order valence-electron chi connectivity index (χ3n) is 2.28. The monoisotopic (exact) mass is 227 g/mol. The van der Waals surface area contributed by atoms with Crippen LogP contribution in [0.1, 0.15) is 37.9 Å². The van der Waals surface area contributed by atoms with Crippen LogP contribution in [0.15, 0.2) is 4.52 Å². The Labute approximate surface area is 96.4 Å². The number of aromatic nitrogens is 2. The topological polar surface area (TPSA) is 74.2 Å². The number of hydrogen-bond acceptors (Lipinski definition) is 5. The first-order chi connectivity index (χ1) is 7.86. The Hall–Kier alpha value is -0.940. The zero-order valence-corrected chi connectivity index (χ0v) is 9.95. The van der Waals surface area contributed by atoms with Crippen molar-refractivity contribution in [1.82, 2.24) is 10.1 Å². The number of hydrogen-bond donors (Lipinski definition) is 1. The molecule has 0 bridgehead atoms. The molecule has 0 atom stereocenters. The highest BCUT2D eigenvalue weighted by Gasteiger charge is 2.05. The van der Waals surface area contributed by atoms with Gasteiger partial charge in [-0.1, -0.05) is 11.6 Å². The molecule has 1 rings (SSSR count). The Morgan fingerprint density at radius 3 is 2.88 bits per heavy atom. The standard InChI is InChI=1S/C11H21N3O2/c1-2-15-9-7-10-13-11(16-14-10)6-4-3-5-8-12/h2-9,12H2,1H3. The third kappa shape index (κ3) is 5.23. The fourth-order valence-electron chi connectivity index (χ4n) is 1.40. The van der Waals surface area contributed by atoms with E-state index in [2.05, 4.69) is 10.1 Å². The summed E-state index contributed by atoms with van der Waals surface area (Å²) in [6, 6.07) is 0. The normalized spacial score (nSPS) is 10.9. The van der Waals surface area contributed by atoms with Crippen molar-refractivity contribution in [3.8, 4) is 0 Å². The molecule has 0 aromatic carbocycles. The van der Waals surface area contributed by atoms with Crippen LogP contribution in [0.3, 0.4) is 0 Å². The molecule has 0 fully saturated rings. The lowest BCUT2D eigenvalue weighted by Gasteiger charge is -1.95. The first-order valence-electron chi connectivity index (χ1n) is 5.96. The van der Waals surface area contributed by atoms with E-state index in [1.54, 1.807) is 0 Å². The van der Waals surface area contributed by atoms with Crippen LogP contribution in [0.5, 0.6) is 0 Å². The number of nitrogens with two attached hydrogens (primary N) is 1. The molecule has 1 aromatic rings. The second kappa shape index (κ2) is 8.24. The van der Waals surface area contributed by atoms with E-state index in [0.29, 0.717) is 6.61 Å². The van der Waals surface area contributed by atoms with E-state index < -0.39 is 0 Å². The van der Waals surface area contributed by atoms with Gasteiger partial charge in [0.2, 0.25) is 5.89 Å². The molecule has 0 unspecified atom stereocenters. The maximum atomic E-state index is 5.41. The van der Waals surface area contributed by atoms with E-state index >= 15 is 0 Å². The molecule has 0 aliphatic rings. The minimum absolute atomic E-state index is 0.655. The van der Waals surface area contributed by atoms with Gasteiger partial charge in [0.05, 0.1) is 6.61 Å². The van der Waals surface area contributed by atoms with Crippen molar-refractivity contribution in [2.24, 2.45) is 5.73 Å². The molecule has 0 spiro atoms. The number of rotatable bonds is 9.